The van der Waals surface area contributed by atoms with Gasteiger partial charge in [0.2, 0.25) is 17.7 Å². The molecule has 6 nitrogen and oxygen atoms in total. The molecular weight excluding hydrogens is 328 g/mol. The second-order valence-corrected chi connectivity index (χ2v) is 7.65. The summed E-state index contributed by atoms with van der Waals surface area (Å²) in [5, 5.41) is 14.8. The Kier molecular flexibility index (Phi) is 4.76. The third-order valence-corrected chi connectivity index (χ3v) is 5.58. The Bertz CT molecular complexity index is 801. The average Bonchev–Trinajstić information content (AvgIpc) is 3.23. The van der Waals surface area contributed by atoms with Crippen molar-refractivity contribution in [3.8, 4) is 0 Å². The molecular formula is C20H26N4O2. The molecule has 2 heterocycles. The minimum atomic E-state index is 0.116. The first-order valence-electron chi connectivity index (χ1n) is 9.54. The topological polar surface area (TPSA) is 80.0 Å². The van der Waals surface area contributed by atoms with Gasteiger partial charge in [-0.3, -0.25) is 4.79 Å². The maximum atomic E-state index is 11.5. The largest absolute Gasteiger partial charge is 0.426 e. The number of hydrogen-bond donors (Lipinski definition) is 2. The number of hydrogen-bond acceptors (Lipinski definition) is 5. The molecule has 4 rings (SSSR count). The van der Waals surface area contributed by atoms with E-state index in [0.29, 0.717) is 30.3 Å². The number of benzene rings is 1. The molecule has 1 aromatic carbocycles. The predicted octanol–water partition coefficient (Wildman–Crippen LogP) is 3.32. The molecule has 1 unspecified atom stereocenters. The van der Waals surface area contributed by atoms with Crippen molar-refractivity contribution < 1.29 is 9.21 Å². The lowest BCUT2D eigenvalue weighted by Crippen LogP contribution is -2.29. The molecule has 1 fully saturated rings. The quantitative estimate of drug-likeness (QED) is 0.861. The number of aromatic nitrogens is 2. The molecule has 1 saturated carbocycles. The van der Waals surface area contributed by atoms with E-state index in [2.05, 4.69) is 39.9 Å². The molecule has 1 aliphatic heterocycles. The number of anilines is 1. The third-order valence-electron chi connectivity index (χ3n) is 5.58. The van der Waals surface area contributed by atoms with E-state index in [9.17, 15) is 4.79 Å². The molecule has 2 N–H and O–H groups in total. The molecule has 138 valence electrons. The van der Waals surface area contributed by atoms with Gasteiger partial charge in [0.1, 0.15) is 0 Å². The molecule has 0 radical (unpaired) electrons. The second kappa shape index (κ2) is 7.19. The van der Waals surface area contributed by atoms with Crippen LogP contribution in [0.5, 0.6) is 0 Å². The molecule has 2 aromatic rings. The summed E-state index contributed by atoms with van der Waals surface area (Å²) in [5.74, 6) is 2.13. The highest BCUT2D eigenvalue weighted by molar-refractivity contribution is 5.93. The van der Waals surface area contributed by atoms with Gasteiger partial charge in [-0.05, 0) is 55.7 Å². The Morgan fingerprint density at radius 2 is 2.19 bits per heavy atom. The van der Waals surface area contributed by atoms with Gasteiger partial charge in [0.25, 0.3) is 0 Å². The molecule has 1 amide bonds. The molecule has 1 aliphatic carbocycles. The fraction of sp³-hybridized carbons (Fsp3) is 0.550. The van der Waals surface area contributed by atoms with E-state index in [4.69, 9.17) is 4.42 Å². The monoisotopic (exact) mass is 354 g/mol. The van der Waals surface area contributed by atoms with Crippen molar-refractivity contribution in [1.82, 2.24) is 15.5 Å². The summed E-state index contributed by atoms with van der Waals surface area (Å²) < 4.78 is 5.52. The van der Waals surface area contributed by atoms with Crippen LogP contribution in [0.1, 0.15) is 61.6 Å². The van der Waals surface area contributed by atoms with Gasteiger partial charge in [0.15, 0.2) is 0 Å². The van der Waals surface area contributed by atoms with Crippen molar-refractivity contribution in [3.05, 3.63) is 41.1 Å². The SMILES string of the molecule is Cc1nnc(C[C@@H]2CC[C@H](NC(C)c3ccc4c(c3)CCC(=O)N4)C2)o1. The van der Waals surface area contributed by atoms with Gasteiger partial charge in [0.05, 0.1) is 0 Å². The van der Waals surface area contributed by atoms with E-state index in [1.54, 1.807) is 0 Å². The van der Waals surface area contributed by atoms with E-state index >= 15 is 0 Å². The van der Waals surface area contributed by atoms with E-state index < -0.39 is 0 Å². The maximum Gasteiger partial charge on any atom is 0.224 e. The number of nitrogens with one attached hydrogen (secondary N) is 2. The molecule has 3 atom stereocenters. The van der Waals surface area contributed by atoms with Crippen molar-refractivity contribution >= 4 is 11.6 Å². The first-order chi connectivity index (χ1) is 12.6. The zero-order valence-corrected chi connectivity index (χ0v) is 15.4. The third kappa shape index (κ3) is 3.80. The Labute approximate surface area is 153 Å². The summed E-state index contributed by atoms with van der Waals surface area (Å²) in [6.07, 6.45) is 5.82. The van der Waals surface area contributed by atoms with Crippen molar-refractivity contribution in [2.45, 2.75) is 64.5 Å². The number of carbonyl (C=O) groups is 1. The Hall–Kier alpha value is -2.21. The van der Waals surface area contributed by atoms with Gasteiger partial charge in [-0.15, -0.1) is 10.2 Å². The van der Waals surface area contributed by atoms with Gasteiger partial charge < -0.3 is 15.1 Å². The number of fused-ring (bicyclic) bond motifs is 1. The van der Waals surface area contributed by atoms with Crippen LogP contribution in [0.3, 0.4) is 0 Å². The molecule has 0 spiro atoms. The lowest BCUT2D eigenvalue weighted by atomic mass is 9.97. The van der Waals surface area contributed by atoms with Gasteiger partial charge in [-0.1, -0.05) is 12.1 Å². The van der Waals surface area contributed by atoms with Crippen LogP contribution in [-0.2, 0) is 17.6 Å². The Morgan fingerprint density at radius 1 is 1.31 bits per heavy atom. The smallest absolute Gasteiger partial charge is 0.224 e. The zero-order valence-electron chi connectivity index (χ0n) is 15.4. The molecule has 0 bridgehead atoms. The van der Waals surface area contributed by atoms with E-state index in [0.717, 1.165) is 30.8 Å². The summed E-state index contributed by atoms with van der Waals surface area (Å²) in [7, 11) is 0. The van der Waals surface area contributed by atoms with Gasteiger partial charge in [-0.2, -0.15) is 0 Å². The molecule has 0 saturated heterocycles. The fourth-order valence-electron chi connectivity index (χ4n) is 4.20. The van der Waals surface area contributed by atoms with Crippen LogP contribution >= 0.6 is 0 Å². The summed E-state index contributed by atoms with van der Waals surface area (Å²) in [5.41, 5.74) is 3.50. The van der Waals surface area contributed by atoms with Gasteiger partial charge in [0, 0.05) is 37.5 Å². The summed E-state index contributed by atoms with van der Waals surface area (Å²) >= 11 is 0. The van der Waals surface area contributed by atoms with Crippen LogP contribution in [-0.4, -0.2) is 22.1 Å². The summed E-state index contributed by atoms with van der Waals surface area (Å²) in [6.45, 7) is 4.05. The minimum absolute atomic E-state index is 0.116. The van der Waals surface area contributed by atoms with Gasteiger partial charge in [-0.25, -0.2) is 0 Å². The van der Waals surface area contributed by atoms with E-state index in [1.165, 1.54) is 24.0 Å². The zero-order chi connectivity index (χ0) is 18.1. The standard InChI is InChI=1S/C20H26N4O2/c1-12(15-4-7-18-16(11-15)5-8-19(25)22-18)21-17-6-3-14(9-17)10-20-24-23-13(2)26-20/h4,7,11-12,14,17,21H,3,5-6,8-10H2,1-2H3,(H,22,25)/t12?,14-,17+/m1/s1. The Balaban J connectivity index is 1.33. The number of rotatable bonds is 5. The van der Waals surface area contributed by atoms with Gasteiger partial charge >= 0.3 is 0 Å². The highest BCUT2D eigenvalue weighted by Gasteiger charge is 2.27. The van der Waals surface area contributed by atoms with Crippen LogP contribution in [0.15, 0.2) is 22.6 Å². The first kappa shape index (κ1) is 17.2. The number of amides is 1. The van der Waals surface area contributed by atoms with E-state index in [1.807, 2.05) is 13.0 Å². The number of carbonyl (C=O) groups excluding carboxylic acids is 1. The predicted molar refractivity (Wildman–Crippen MR) is 98.8 cm³/mol. The first-order valence-corrected chi connectivity index (χ1v) is 9.54. The lowest BCUT2D eigenvalue weighted by Gasteiger charge is -2.23. The van der Waals surface area contributed by atoms with Crippen LogP contribution in [0.25, 0.3) is 0 Å². The number of aryl methyl sites for hydroxylation is 2. The van der Waals surface area contributed by atoms with Crippen LogP contribution < -0.4 is 10.6 Å². The molecule has 26 heavy (non-hydrogen) atoms. The number of nitrogens with zero attached hydrogens (tertiary/aromatic N) is 2. The second-order valence-electron chi connectivity index (χ2n) is 7.65. The molecule has 6 heteroatoms. The van der Waals surface area contributed by atoms with Crippen molar-refractivity contribution in [2.24, 2.45) is 5.92 Å². The van der Waals surface area contributed by atoms with Crippen LogP contribution in [0.4, 0.5) is 5.69 Å². The lowest BCUT2D eigenvalue weighted by molar-refractivity contribution is -0.116. The van der Waals surface area contributed by atoms with Crippen molar-refractivity contribution in [1.29, 1.82) is 0 Å². The highest BCUT2D eigenvalue weighted by Crippen LogP contribution is 2.31. The van der Waals surface area contributed by atoms with Crippen molar-refractivity contribution in [3.63, 3.8) is 0 Å². The summed E-state index contributed by atoms with van der Waals surface area (Å²) in [6, 6.07) is 7.22. The minimum Gasteiger partial charge on any atom is -0.426 e. The molecule has 2 aliphatic rings. The van der Waals surface area contributed by atoms with E-state index in [-0.39, 0.29) is 5.91 Å². The van der Waals surface area contributed by atoms with Crippen molar-refractivity contribution in [2.75, 3.05) is 5.32 Å². The summed E-state index contributed by atoms with van der Waals surface area (Å²) in [4.78, 5) is 11.5. The van der Waals surface area contributed by atoms with Crippen LogP contribution in [0, 0.1) is 12.8 Å². The Morgan fingerprint density at radius 3 is 3.00 bits per heavy atom. The van der Waals surface area contributed by atoms with Crippen LogP contribution in [0.2, 0.25) is 0 Å². The average molecular weight is 354 g/mol. The highest BCUT2D eigenvalue weighted by atomic mass is 16.4. The maximum absolute atomic E-state index is 11.5. The molecule has 1 aromatic heterocycles. The normalized spacial score (nSPS) is 23.5. The fourth-order valence-corrected chi connectivity index (χ4v) is 4.20.